The summed E-state index contributed by atoms with van der Waals surface area (Å²) in [6.45, 7) is 7.93. The molecule has 2 aliphatic rings. The molecule has 24 heavy (non-hydrogen) atoms. The molecule has 2 saturated heterocycles. The van der Waals surface area contributed by atoms with Gasteiger partial charge in [0.15, 0.2) is 11.9 Å². The quantitative estimate of drug-likeness (QED) is 0.379. The Morgan fingerprint density at radius 1 is 0.667 bits per heavy atom. The van der Waals surface area contributed by atoms with E-state index in [2.05, 4.69) is 19.8 Å². The van der Waals surface area contributed by atoms with Crippen molar-refractivity contribution in [1.29, 1.82) is 0 Å². The lowest BCUT2D eigenvalue weighted by Crippen LogP contribution is -2.44. The number of nitrogens with two attached hydrogens (primary N) is 2. The Kier molecular flexibility index (Phi) is 8.69. The maximum absolute atomic E-state index is 5.99. The maximum atomic E-state index is 5.99. The topological polar surface area (TPSA) is 102 Å². The predicted molar refractivity (Wildman–Crippen MR) is 96.2 cm³/mol. The fourth-order valence-corrected chi connectivity index (χ4v) is 2.75. The van der Waals surface area contributed by atoms with Crippen molar-refractivity contribution >= 4 is 11.9 Å². The molecule has 8 heteroatoms. The Balaban J connectivity index is 1.48. The van der Waals surface area contributed by atoms with Gasteiger partial charge in [-0.15, -0.1) is 0 Å². The molecule has 2 rings (SSSR count). The van der Waals surface area contributed by atoms with Crippen LogP contribution in [0, 0.1) is 0 Å². The third-order valence-corrected chi connectivity index (χ3v) is 4.28. The second kappa shape index (κ2) is 11.1. The number of hydrogen-bond acceptors (Lipinski definition) is 4. The van der Waals surface area contributed by atoms with E-state index in [-0.39, 0.29) is 0 Å². The molecule has 0 aromatic heterocycles. The minimum atomic E-state index is 0.654. The molecule has 2 aliphatic heterocycles. The zero-order valence-corrected chi connectivity index (χ0v) is 14.7. The number of aliphatic imine (C=N–C) groups is 2. The lowest BCUT2D eigenvalue weighted by atomic mass is 10.2. The Morgan fingerprint density at radius 3 is 1.42 bits per heavy atom. The van der Waals surface area contributed by atoms with Crippen molar-refractivity contribution in [2.75, 3.05) is 65.7 Å². The van der Waals surface area contributed by atoms with Crippen molar-refractivity contribution in [2.45, 2.75) is 25.7 Å². The van der Waals surface area contributed by atoms with Crippen molar-refractivity contribution in [3.05, 3.63) is 0 Å². The van der Waals surface area contributed by atoms with E-state index in [0.29, 0.717) is 11.9 Å². The first-order valence-corrected chi connectivity index (χ1v) is 9.02. The normalized spacial score (nSPS) is 20.5. The Labute approximate surface area is 144 Å². The standard InChI is InChI=1S/C16H32N6O2/c17-15(21-7-11-23-12-8-21)19-5-3-1-2-4-6-20-16(18)22-9-13-24-14-10-22/h1-14H2,(H2,17,19)(H2,18,20). The minimum Gasteiger partial charge on any atom is -0.378 e. The zero-order valence-electron chi connectivity index (χ0n) is 14.7. The first kappa shape index (κ1) is 18.8. The van der Waals surface area contributed by atoms with Crippen LogP contribution in [0.3, 0.4) is 0 Å². The fraction of sp³-hybridized carbons (Fsp3) is 0.875. The highest BCUT2D eigenvalue weighted by molar-refractivity contribution is 5.78. The molecule has 4 N–H and O–H groups in total. The summed E-state index contributed by atoms with van der Waals surface area (Å²) in [7, 11) is 0. The monoisotopic (exact) mass is 340 g/mol. The van der Waals surface area contributed by atoms with Crippen LogP contribution in [0.15, 0.2) is 9.98 Å². The molecule has 0 spiro atoms. The van der Waals surface area contributed by atoms with Crippen molar-refractivity contribution < 1.29 is 9.47 Å². The van der Waals surface area contributed by atoms with Gasteiger partial charge in [-0.25, -0.2) is 0 Å². The number of nitrogens with zero attached hydrogens (tertiary/aromatic N) is 4. The molecule has 0 aromatic rings. The molecule has 138 valence electrons. The average Bonchev–Trinajstić information content (AvgIpc) is 2.65. The summed E-state index contributed by atoms with van der Waals surface area (Å²) >= 11 is 0. The minimum absolute atomic E-state index is 0.654. The van der Waals surface area contributed by atoms with E-state index in [1.807, 2.05) is 0 Å². The zero-order chi connectivity index (χ0) is 17.0. The van der Waals surface area contributed by atoms with Crippen molar-refractivity contribution in [3.8, 4) is 0 Å². The number of hydrogen-bond donors (Lipinski definition) is 2. The molecule has 0 unspecified atom stereocenters. The number of unbranched alkanes of at least 4 members (excludes halogenated alkanes) is 3. The summed E-state index contributed by atoms with van der Waals surface area (Å²) in [4.78, 5) is 13.1. The summed E-state index contributed by atoms with van der Waals surface area (Å²) in [5.41, 5.74) is 12.0. The van der Waals surface area contributed by atoms with Gasteiger partial charge >= 0.3 is 0 Å². The highest BCUT2D eigenvalue weighted by Crippen LogP contribution is 2.03. The molecule has 0 radical (unpaired) electrons. The highest BCUT2D eigenvalue weighted by atomic mass is 16.5. The van der Waals surface area contributed by atoms with Crippen LogP contribution >= 0.6 is 0 Å². The van der Waals surface area contributed by atoms with Gasteiger partial charge in [0.25, 0.3) is 0 Å². The van der Waals surface area contributed by atoms with E-state index in [1.54, 1.807) is 0 Å². The first-order valence-electron chi connectivity index (χ1n) is 9.02. The SMILES string of the molecule is NC(=NCCCCCCN=C(N)N1CCOCC1)N1CCOCC1. The van der Waals surface area contributed by atoms with Crippen LogP contribution in [0.2, 0.25) is 0 Å². The van der Waals surface area contributed by atoms with Gasteiger partial charge in [-0.2, -0.15) is 0 Å². The van der Waals surface area contributed by atoms with Gasteiger partial charge in [0.1, 0.15) is 0 Å². The van der Waals surface area contributed by atoms with E-state index in [1.165, 1.54) is 0 Å². The van der Waals surface area contributed by atoms with Crippen molar-refractivity contribution in [3.63, 3.8) is 0 Å². The van der Waals surface area contributed by atoms with Gasteiger partial charge in [0.05, 0.1) is 26.4 Å². The Bertz CT molecular complexity index is 365. The lowest BCUT2D eigenvalue weighted by molar-refractivity contribution is 0.0674. The number of morpholine rings is 2. The van der Waals surface area contributed by atoms with Crippen LogP contribution in [0.5, 0.6) is 0 Å². The second-order valence-corrected chi connectivity index (χ2v) is 6.09. The average molecular weight is 340 g/mol. The van der Waals surface area contributed by atoms with E-state index in [4.69, 9.17) is 20.9 Å². The molecular formula is C16H32N6O2. The number of ether oxygens (including phenoxy) is 2. The molecule has 0 amide bonds. The van der Waals surface area contributed by atoms with Gasteiger partial charge in [-0.3, -0.25) is 9.98 Å². The summed E-state index contributed by atoms with van der Waals surface area (Å²) in [5.74, 6) is 1.31. The van der Waals surface area contributed by atoms with Gasteiger partial charge in [-0.1, -0.05) is 12.8 Å². The molecule has 0 aromatic carbocycles. The summed E-state index contributed by atoms with van der Waals surface area (Å²) in [5, 5.41) is 0. The van der Waals surface area contributed by atoms with Crippen LogP contribution < -0.4 is 11.5 Å². The first-order chi connectivity index (χ1) is 11.8. The van der Waals surface area contributed by atoms with Crippen LogP contribution in [0.1, 0.15) is 25.7 Å². The molecule has 0 atom stereocenters. The largest absolute Gasteiger partial charge is 0.378 e. The summed E-state index contributed by atoms with van der Waals surface area (Å²) in [6.07, 6.45) is 4.42. The fourth-order valence-electron chi connectivity index (χ4n) is 2.75. The molecule has 0 aliphatic carbocycles. The maximum Gasteiger partial charge on any atom is 0.191 e. The molecule has 0 saturated carbocycles. The van der Waals surface area contributed by atoms with E-state index in [9.17, 15) is 0 Å². The van der Waals surface area contributed by atoms with Crippen LogP contribution in [0.25, 0.3) is 0 Å². The van der Waals surface area contributed by atoms with E-state index in [0.717, 1.165) is 91.4 Å². The van der Waals surface area contributed by atoms with Gasteiger partial charge in [-0.05, 0) is 12.8 Å². The summed E-state index contributed by atoms with van der Waals surface area (Å²) in [6, 6.07) is 0. The van der Waals surface area contributed by atoms with Crippen molar-refractivity contribution in [2.24, 2.45) is 21.5 Å². The van der Waals surface area contributed by atoms with Crippen molar-refractivity contribution in [1.82, 2.24) is 9.80 Å². The smallest absolute Gasteiger partial charge is 0.191 e. The lowest BCUT2D eigenvalue weighted by Gasteiger charge is -2.27. The molecule has 2 fully saturated rings. The van der Waals surface area contributed by atoms with E-state index >= 15 is 0 Å². The van der Waals surface area contributed by atoms with Crippen LogP contribution in [-0.2, 0) is 9.47 Å². The molecule has 0 bridgehead atoms. The predicted octanol–water partition coefficient (Wildman–Crippen LogP) is -0.159. The summed E-state index contributed by atoms with van der Waals surface area (Å²) < 4.78 is 10.6. The number of rotatable bonds is 7. The highest BCUT2D eigenvalue weighted by Gasteiger charge is 2.12. The van der Waals surface area contributed by atoms with E-state index < -0.39 is 0 Å². The molecule has 2 heterocycles. The Morgan fingerprint density at radius 2 is 1.04 bits per heavy atom. The third kappa shape index (κ3) is 6.92. The number of guanidine groups is 2. The Hall–Kier alpha value is -1.54. The van der Waals surface area contributed by atoms with Gasteiger partial charge in [0.2, 0.25) is 0 Å². The third-order valence-electron chi connectivity index (χ3n) is 4.28. The van der Waals surface area contributed by atoms with Crippen LogP contribution in [0.4, 0.5) is 0 Å². The molecular weight excluding hydrogens is 308 g/mol. The van der Waals surface area contributed by atoms with Gasteiger partial charge < -0.3 is 30.7 Å². The molecule has 8 nitrogen and oxygen atoms in total. The second-order valence-electron chi connectivity index (χ2n) is 6.09. The van der Waals surface area contributed by atoms with Crippen LogP contribution in [-0.4, -0.2) is 87.4 Å². The van der Waals surface area contributed by atoms with Gasteiger partial charge in [0, 0.05) is 39.3 Å².